The van der Waals surface area contributed by atoms with Crippen LogP contribution in [0.3, 0.4) is 0 Å². The van der Waals surface area contributed by atoms with Crippen molar-refractivity contribution in [2.75, 3.05) is 0 Å². The summed E-state index contributed by atoms with van der Waals surface area (Å²) in [5, 5.41) is 8.89. The molecular weight excluding hydrogens is 200 g/mol. The molecule has 0 saturated heterocycles. The van der Waals surface area contributed by atoms with Crippen molar-refractivity contribution in [3.8, 4) is 0 Å². The highest BCUT2D eigenvalue weighted by molar-refractivity contribution is 5.86. The second-order valence-electron chi connectivity index (χ2n) is 4.67. The lowest BCUT2D eigenvalue weighted by Gasteiger charge is -2.23. The van der Waals surface area contributed by atoms with Gasteiger partial charge < -0.3 is 5.11 Å². The van der Waals surface area contributed by atoms with Gasteiger partial charge in [-0.3, -0.25) is 0 Å². The lowest BCUT2D eigenvalue weighted by molar-refractivity contribution is -0.132. The Bertz CT molecular complexity index is 428. The van der Waals surface area contributed by atoms with E-state index in [2.05, 4.69) is 0 Å². The third kappa shape index (κ3) is 2.72. The fourth-order valence-electron chi connectivity index (χ4n) is 1.98. The maximum Gasteiger partial charge on any atom is 0.330 e. The van der Waals surface area contributed by atoms with Gasteiger partial charge in [-0.2, -0.15) is 0 Å². The average Bonchev–Trinajstić information content (AvgIpc) is 2.17. The Balaban J connectivity index is 3.17. The first-order valence-corrected chi connectivity index (χ1v) is 5.33. The van der Waals surface area contributed by atoms with Crippen molar-refractivity contribution in [3.63, 3.8) is 0 Å². The molecule has 0 aliphatic carbocycles. The molecule has 1 rings (SSSR count). The second-order valence-corrected chi connectivity index (χ2v) is 4.67. The molecule has 0 atom stereocenters. The number of carboxylic acid groups (broad SMARTS) is 1. The number of aryl methyl sites for hydroxylation is 1. The summed E-state index contributed by atoms with van der Waals surface area (Å²) in [6, 6.07) is 8.05. The number of allylic oxidation sites excluding steroid dienone is 1. The van der Waals surface area contributed by atoms with E-state index in [1.165, 1.54) is 5.56 Å². The smallest absolute Gasteiger partial charge is 0.330 e. The highest BCUT2D eigenvalue weighted by Crippen LogP contribution is 2.28. The van der Waals surface area contributed by atoms with Gasteiger partial charge in [0.2, 0.25) is 0 Å². The molecule has 0 saturated carbocycles. The van der Waals surface area contributed by atoms with Gasteiger partial charge in [0.05, 0.1) is 0 Å². The molecule has 0 amide bonds. The third-order valence-corrected chi connectivity index (χ3v) is 2.75. The van der Waals surface area contributed by atoms with E-state index < -0.39 is 5.97 Å². The van der Waals surface area contributed by atoms with E-state index in [9.17, 15) is 4.79 Å². The number of aliphatic carboxylic acids is 1. The molecule has 0 heterocycles. The van der Waals surface area contributed by atoms with E-state index in [0.717, 1.165) is 5.56 Å². The molecule has 1 aromatic rings. The molecule has 1 N–H and O–H groups in total. The van der Waals surface area contributed by atoms with Crippen LogP contribution in [0.5, 0.6) is 0 Å². The van der Waals surface area contributed by atoms with Crippen LogP contribution < -0.4 is 0 Å². The summed E-state index contributed by atoms with van der Waals surface area (Å²) in [6.07, 6.45) is 1.80. The maximum atomic E-state index is 10.8. The Morgan fingerprint density at radius 1 is 1.31 bits per heavy atom. The summed E-state index contributed by atoms with van der Waals surface area (Å²) in [7, 11) is 0. The summed E-state index contributed by atoms with van der Waals surface area (Å²) in [6.45, 7) is 7.73. The Kier molecular flexibility index (Phi) is 3.53. The zero-order valence-electron chi connectivity index (χ0n) is 10.2. The molecule has 0 fully saturated rings. The molecule has 0 aliphatic rings. The Morgan fingerprint density at radius 2 is 1.88 bits per heavy atom. The largest absolute Gasteiger partial charge is 0.478 e. The van der Waals surface area contributed by atoms with Crippen molar-refractivity contribution in [3.05, 3.63) is 47.0 Å². The fourth-order valence-corrected chi connectivity index (χ4v) is 1.98. The predicted octanol–water partition coefficient (Wildman–Crippen LogP) is 3.30. The van der Waals surface area contributed by atoms with Crippen LogP contribution in [0, 0.1) is 6.92 Å². The molecular formula is C14H18O2. The van der Waals surface area contributed by atoms with Crippen LogP contribution in [0.1, 0.15) is 31.9 Å². The van der Waals surface area contributed by atoms with Crippen molar-refractivity contribution >= 4 is 5.97 Å². The number of rotatable bonds is 3. The van der Waals surface area contributed by atoms with E-state index in [1.54, 1.807) is 13.0 Å². The molecule has 2 nitrogen and oxygen atoms in total. The zero-order chi connectivity index (χ0) is 12.3. The van der Waals surface area contributed by atoms with Crippen molar-refractivity contribution < 1.29 is 9.90 Å². The minimum atomic E-state index is -0.860. The highest BCUT2D eigenvalue weighted by atomic mass is 16.4. The highest BCUT2D eigenvalue weighted by Gasteiger charge is 2.20. The van der Waals surface area contributed by atoms with Gasteiger partial charge in [-0.1, -0.05) is 44.2 Å². The van der Waals surface area contributed by atoms with Crippen LogP contribution >= 0.6 is 0 Å². The van der Waals surface area contributed by atoms with Gasteiger partial charge in [-0.05, 0) is 25.0 Å². The van der Waals surface area contributed by atoms with Crippen LogP contribution in [0.15, 0.2) is 35.9 Å². The van der Waals surface area contributed by atoms with Gasteiger partial charge in [0.15, 0.2) is 0 Å². The van der Waals surface area contributed by atoms with Crippen molar-refractivity contribution in [1.82, 2.24) is 0 Å². The number of hydrogen-bond acceptors (Lipinski definition) is 1. The van der Waals surface area contributed by atoms with Crippen LogP contribution in [0.4, 0.5) is 0 Å². The van der Waals surface area contributed by atoms with Crippen LogP contribution in [0.25, 0.3) is 0 Å². The SMILES string of the molecule is CC(=CC(C)(C)c1ccccc1C)C(=O)O. The van der Waals surface area contributed by atoms with Crippen LogP contribution in [0.2, 0.25) is 0 Å². The summed E-state index contributed by atoms with van der Waals surface area (Å²) < 4.78 is 0. The first-order chi connectivity index (χ1) is 7.34. The van der Waals surface area contributed by atoms with Crippen molar-refractivity contribution in [2.24, 2.45) is 0 Å². The van der Waals surface area contributed by atoms with Gasteiger partial charge in [-0.15, -0.1) is 0 Å². The first-order valence-electron chi connectivity index (χ1n) is 5.33. The summed E-state index contributed by atoms with van der Waals surface area (Å²) in [5.74, 6) is -0.860. The lowest BCUT2D eigenvalue weighted by Crippen LogP contribution is -2.17. The normalized spacial score (nSPS) is 12.6. The van der Waals surface area contributed by atoms with Gasteiger partial charge >= 0.3 is 5.97 Å². The quantitative estimate of drug-likeness (QED) is 0.790. The Labute approximate surface area is 96.6 Å². The molecule has 1 aromatic carbocycles. The Hall–Kier alpha value is -1.57. The van der Waals surface area contributed by atoms with E-state index in [4.69, 9.17) is 5.11 Å². The molecule has 0 aliphatic heterocycles. The number of carboxylic acids is 1. The van der Waals surface area contributed by atoms with Crippen molar-refractivity contribution in [2.45, 2.75) is 33.1 Å². The summed E-state index contributed by atoms with van der Waals surface area (Å²) in [5.41, 5.74) is 2.47. The van der Waals surface area contributed by atoms with Crippen LogP contribution in [-0.2, 0) is 10.2 Å². The van der Waals surface area contributed by atoms with E-state index >= 15 is 0 Å². The minimum Gasteiger partial charge on any atom is -0.478 e. The van der Waals surface area contributed by atoms with Gasteiger partial charge in [0, 0.05) is 11.0 Å². The van der Waals surface area contributed by atoms with Gasteiger partial charge in [0.1, 0.15) is 0 Å². The molecule has 86 valence electrons. The molecule has 2 heteroatoms. The van der Waals surface area contributed by atoms with E-state index in [1.807, 2.05) is 45.0 Å². The molecule has 0 unspecified atom stereocenters. The second kappa shape index (κ2) is 4.52. The molecule has 0 aromatic heterocycles. The predicted molar refractivity (Wildman–Crippen MR) is 65.6 cm³/mol. The van der Waals surface area contributed by atoms with E-state index in [0.29, 0.717) is 5.57 Å². The number of carbonyl (C=O) groups is 1. The average molecular weight is 218 g/mol. The summed E-state index contributed by atoms with van der Waals surface area (Å²) in [4.78, 5) is 10.8. The molecule has 0 bridgehead atoms. The summed E-state index contributed by atoms with van der Waals surface area (Å²) >= 11 is 0. The number of hydrogen-bond donors (Lipinski definition) is 1. The van der Waals surface area contributed by atoms with Gasteiger partial charge in [-0.25, -0.2) is 4.79 Å². The molecule has 0 spiro atoms. The zero-order valence-corrected chi connectivity index (χ0v) is 10.2. The fraction of sp³-hybridized carbons (Fsp3) is 0.357. The van der Waals surface area contributed by atoms with E-state index in [-0.39, 0.29) is 5.41 Å². The maximum absolute atomic E-state index is 10.8. The third-order valence-electron chi connectivity index (χ3n) is 2.75. The first kappa shape index (κ1) is 12.5. The lowest BCUT2D eigenvalue weighted by atomic mass is 9.81. The number of benzene rings is 1. The molecule has 0 radical (unpaired) electrons. The monoisotopic (exact) mass is 218 g/mol. The van der Waals surface area contributed by atoms with Crippen LogP contribution in [-0.4, -0.2) is 11.1 Å². The minimum absolute atomic E-state index is 0.256. The topological polar surface area (TPSA) is 37.3 Å². The molecule has 16 heavy (non-hydrogen) atoms. The van der Waals surface area contributed by atoms with Gasteiger partial charge in [0.25, 0.3) is 0 Å². The van der Waals surface area contributed by atoms with Crippen molar-refractivity contribution in [1.29, 1.82) is 0 Å². The standard InChI is InChI=1S/C14H18O2/c1-10-7-5-6-8-12(10)14(3,4)9-11(2)13(15)16/h5-9H,1-4H3,(H,15,16). The Morgan fingerprint density at radius 3 is 2.38 bits per heavy atom.